The van der Waals surface area contributed by atoms with Gasteiger partial charge in [-0.05, 0) is 26.1 Å². The summed E-state index contributed by atoms with van der Waals surface area (Å²) in [5, 5.41) is 3.02. The summed E-state index contributed by atoms with van der Waals surface area (Å²) in [4.78, 5) is 0. The number of rotatable bonds is 4. The summed E-state index contributed by atoms with van der Waals surface area (Å²) in [6, 6.07) is 9.36. The van der Waals surface area contributed by atoms with Crippen LogP contribution in [0.15, 0.2) is 36.4 Å². The Bertz CT molecular complexity index is 613. The maximum absolute atomic E-state index is 14.0. The molecule has 1 atom stereocenters. The Hall–Kier alpha value is -1.94. The van der Waals surface area contributed by atoms with Gasteiger partial charge in [0.15, 0.2) is 11.6 Å². The van der Waals surface area contributed by atoms with Crippen molar-refractivity contribution in [3.63, 3.8) is 0 Å². The average molecular weight is 277 g/mol. The average Bonchev–Trinajstić information content (AvgIpc) is 2.44. The van der Waals surface area contributed by atoms with Gasteiger partial charge in [0.05, 0.1) is 13.2 Å². The van der Waals surface area contributed by atoms with Crippen molar-refractivity contribution in [2.75, 3.05) is 14.2 Å². The van der Waals surface area contributed by atoms with E-state index in [0.717, 1.165) is 17.2 Å². The van der Waals surface area contributed by atoms with Crippen LogP contribution in [0.2, 0.25) is 0 Å². The Morgan fingerprint density at radius 2 is 1.85 bits per heavy atom. The van der Waals surface area contributed by atoms with E-state index in [2.05, 4.69) is 5.32 Å². The fourth-order valence-electron chi connectivity index (χ4n) is 2.30. The predicted octanol–water partition coefficient (Wildman–Crippen LogP) is 3.59. The molecule has 20 heavy (non-hydrogen) atoms. The highest BCUT2D eigenvalue weighted by Crippen LogP contribution is 2.32. The molecule has 2 aromatic rings. The predicted molar refractivity (Wildman–Crippen MR) is 75.0 cm³/mol. The smallest absolute Gasteiger partial charge is 0.163 e. The molecule has 0 saturated carbocycles. The summed E-state index contributed by atoms with van der Waals surface area (Å²) >= 11 is 0. The number of ether oxygens (including phenoxy) is 1. The minimum atomic E-state index is -0.852. The van der Waals surface area contributed by atoms with Crippen molar-refractivity contribution in [3.05, 3.63) is 64.7 Å². The van der Waals surface area contributed by atoms with Crippen LogP contribution in [0, 0.1) is 18.6 Å². The fraction of sp³-hybridized carbons (Fsp3) is 0.250. The molecule has 1 unspecified atom stereocenters. The van der Waals surface area contributed by atoms with Gasteiger partial charge in [0.1, 0.15) is 5.75 Å². The van der Waals surface area contributed by atoms with Crippen LogP contribution in [-0.2, 0) is 0 Å². The molecule has 0 heterocycles. The summed E-state index contributed by atoms with van der Waals surface area (Å²) < 4.78 is 32.7. The molecule has 2 rings (SSSR count). The summed E-state index contributed by atoms with van der Waals surface area (Å²) in [5.74, 6) is -1.05. The maximum Gasteiger partial charge on any atom is 0.163 e. The number of hydrogen-bond donors (Lipinski definition) is 1. The van der Waals surface area contributed by atoms with Gasteiger partial charge < -0.3 is 10.1 Å². The second-order valence-corrected chi connectivity index (χ2v) is 4.61. The van der Waals surface area contributed by atoms with Gasteiger partial charge in [0, 0.05) is 11.1 Å². The van der Waals surface area contributed by atoms with Gasteiger partial charge in [-0.25, -0.2) is 8.78 Å². The zero-order valence-corrected chi connectivity index (χ0v) is 11.7. The lowest BCUT2D eigenvalue weighted by Gasteiger charge is -2.21. The Balaban J connectivity index is 2.58. The van der Waals surface area contributed by atoms with Gasteiger partial charge in [-0.2, -0.15) is 0 Å². The van der Waals surface area contributed by atoms with Crippen LogP contribution in [-0.4, -0.2) is 14.2 Å². The topological polar surface area (TPSA) is 21.3 Å². The lowest BCUT2D eigenvalue weighted by molar-refractivity contribution is 0.403. The van der Waals surface area contributed by atoms with E-state index >= 15 is 0 Å². The Morgan fingerprint density at radius 1 is 1.10 bits per heavy atom. The zero-order chi connectivity index (χ0) is 14.7. The minimum Gasteiger partial charge on any atom is -0.496 e. The fourth-order valence-corrected chi connectivity index (χ4v) is 2.30. The Labute approximate surface area is 117 Å². The zero-order valence-electron chi connectivity index (χ0n) is 11.7. The highest BCUT2D eigenvalue weighted by Gasteiger charge is 2.21. The van der Waals surface area contributed by atoms with Gasteiger partial charge in [-0.1, -0.05) is 29.8 Å². The van der Waals surface area contributed by atoms with Crippen LogP contribution in [0.25, 0.3) is 0 Å². The van der Waals surface area contributed by atoms with E-state index in [4.69, 9.17) is 4.74 Å². The van der Waals surface area contributed by atoms with Gasteiger partial charge in [0.2, 0.25) is 0 Å². The Morgan fingerprint density at radius 3 is 2.50 bits per heavy atom. The first-order valence-corrected chi connectivity index (χ1v) is 6.34. The molecule has 0 fully saturated rings. The molecule has 106 valence electrons. The van der Waals surface area contributed by atoms with E-state index in [1.54, 1.807) is 20.2 Å². The molecular weight excluding hydrogens is 260 g/mol. The number of hydrogen-bond acceptors (Lipinski definition) is 2. The molecule has 0 bridgehead atoms. The van der Waals surface area contributed by atoms with Crippen molar-refractivity contribution in [3.8, 4) is 5.75 Å². The van der Waals surface area contributed by atoms with E-state index in [9.17, 15) is 8.78 Å². The van der Waals surface area contributed by atoms with Gasteiger partial charge in [-0.15, -0.1) is 0 Å². The molecule has 0 saturated heterocycles. The van der Waals surface area contributed by atoms with Crippen molar-refractivity contribution in [2.45, 2.75) is 13.0 Å². The maximum atomic E-state index is 14.0. The number of methoxy groups -OCH3 is 1. The van der Waals surface area contributed by atoms with Crippen LogP contribution >= 0.6 is 0 Å². The third-order valence-electron chi connectivity index (χ3n) is 3.28. The molecule has 0 aromatic heterocycles. The first-order valence-electron chi connectivity index (χ1n) is 6.34. The molecule has 0 radical (unpaired) electrons. The van der Waals surface area contributed by atoms with Gasteiger partial charge in [-0.3, -0.25) is 0 Å². The lowest BCUT2D eigenvalue weighted by Crippen LogP contribution is -2.20. The van der Waals surface area contributed by atoms with E-state index in [1.165, 1.54) is 6.07 Å². The number of aryl methyl sites for hydroxylation is 1. The second kappa shape index (κ2) is 6.01. The third-order valence-corrected chi connectivity index (χ3v) is 3.28. The van der Waals surface area contributed by atoms with Gasteiger partial charge >= 0.3 is 0 Å². The number of nitrogens with one attached hydrogen (secondary N) is 1. The van der Waals surface area contributed by atoms with E-state index in [-0.39, 0.29) is 5.56 Å². The highest BCUT2D eigenvalue weighted by molar-refractivity contribution is 5.44. The first-order chi connectivity index (χ1) is 9.58. The van der Waals surface area contributed by atoms with Crippen LogP contribution in [0.3, 0.4) is 0 Å². The van der Waals surface area contributed by atoms with E-state index in [0.29, 0.717) is 5.75 Å². The lowest BCUT2D eigenvalue weighted by atomic mass is 9.96. The molecule has 2 nitrogen and oxygen atoms in total. The van der Waals surface area contributed by atoms with Crippen LogP contribution < -0.4 is 10.1 Å². The van der Waals surface area contributed by atoms with Crippen LogP contribution in [0.1, 0.15) is 22.7 Å². The van der Waals surface area contributed by atoms with Crippen LogP contribution in [0.5, 0.6) is 5.75 Å². The summed E-state index contributed by atoms with van der Waals surface area (Å²) in [6.07, 6.45) is 0. The van der Waals surface area contributed by atoms with Crippen molar-refractivity contribution in [2.24, 2.45) is 0 Å². The molecule has 0 aliphatic heterocycles. The highest BCUT2D eigenvalue weighted by atomic mass is 19.2. The quantitative estimate of drug-likeness (QED) is 0.922. The second-order valence-electron chi connectivity index (χ2n) is 4.61. The summed E-state index contributed by atoms with van der Waals surface area (Å²) in [6.45, 7) is 1.94. The first kappa shape index (κ1) is 14.5. The summed E-state index contributed by atoms with van der Waals surface area (Å²) in [5.41, 5.74) is 2.06. The molecule has 0 spiro atoms. The molecule has 2 aromatic carbocycles. The normalized spacial score (nSPS) is 12.2. The van der Waals surface area contributed by atoms with Crippen molar-refractivity contribution >= 4 is 0 Å². The number of halogens is 2. The standard InChI is InChI=1S/C16H17F2NO/c1-10-7-8-14(20-3)12(9-10)16(19-2)11-5-4-6-13(17)15(11)18/h4-9,16,19H,1-3H3. The van der Waals surface area contributed by atoms with Crippen molar-refractivity contribution < 1.29 is 13.5 Å². The molecule has 4 heteroatoms. The van der Waals surface area contributed by atoms with Crippen molar-refractivity contribution in [1.29, 1.82) is 0 Å². The molecule has 1 N–H and O–H groups in total. The Kier molecular flexibility index (Phi) is 4.35. The molecular formula is C16H17F2NO. The molecule has 0 aliphatic rings. The largest absolute Gasteiger partial charge is 0.496 e. The summed E-state index contributed by atoms with van der Waals surface area (Å²) in [7, 11) is 3.26. The van der Waals surface area contributed by atoms with E-state index in [1.807, 2.05) is 25.1 Å². The van der Waals surface area contributed by atoms with Crippen molar-refractivity contribution in [1.82, 2.24) is 5.32 Å². The molecule has 0 amide bonds. The van der Waals surface area contributed by atoms with E-state index < -0.39 is 17.7 Å². The third kappa shape index (κ3) is 2.65. The monoisotopic (exact) mass is 277 g/mol. The SMILES string of the molecule is CNC(c1cc(C)ccc1OC)c1cccc(F)c1F. The van der Waals surface area contributed by atoms with Crippen LogP contribution in [0.4, 0.5) is 8.78 Å². The van der Waals surface area contributed by atoms with Gasteiger partial charge in [0.25, 0.3) is 0 Å². The number of benzene rings is 2. The minimum absolute atomic E-state index is 0.261. The molecule has 0 aliphatic carbocycles.